The van der Waals surface area contributed by atoms with E-state index in [1.54, 1.807) is 0 Å². The van der Waals surface area contributed by atoms with Crippen molar-refractivity contribution in [2.45, 2.75) is 39.0 Å². The minimum atomic E-state index is 0.471. The van der Waals surface area contributed by atoms with Crippen LogP contribution in [0.25, 0.3) is 0 Å². The highest BCUT2D eigenvalue weighted by Gasteiger charge is 2.40. The number of carbonyl (C=O) groups excluding carboxylic acids is 1. The molecule has 3 atom stereocenters. The van der Waals surface area contributed by atoms with E-state index < -0.39 is 0 Å². The topological polar surface area (TPSA) is 17.1 Å². The lowest BCUT2D eigenvalue weighted by molar-refractivity contribution is -0.121. The molecule has 2 aliphatic carbocycles. The largest absolute Gasteiger partial charge is 0.299 e. The van der Waals surface area contributed by atoms with Crippen molar-refractivity contribution in [3.63, 3.8) is 0 Å². The molecule has 2 rings (SSSR count). The van der Waals surface area contributed by atoms with Gasteiger partial charge in [-0.1, -0.05) is 19.8 Å². The summed E-state index contributed by atoms with van der Waals surface area (Å²) in [7, 11) is 0. The lowest BCUT2D eigenvalue weighted by Crippen LogP contribution is -2.20. The highest BCUT2D eigenvalue weighted by atomic mass is 16.1. The number of rotatable bonds is 0. The van der Waals surface area contributed by atoms with Crippen LogP contribution >= 0.6 is 0 Å². The van der Waals surface area contributed by atoms with Gasteiger partial charge in [0.1, 0.15) is 5.78 Å². The first kappa shape index (κ1) is 7.33. The highest BCUT2D eigenvalue weighted by Crippen LogP contribution is 2.43. The maximum Gasteiger partial charge on any atom is 0.136 e. The summed E-state index contributed by atoms with van der Waals surface area (Å²) in [6.45, 7) is 2.24. The summed E-state index contributed by atoms with van der Waals surface area (Å²) in [6.07, 6.45) is 6.03. The number of Topliss-reactive ketones (excluding diaryl/α,β-unsaturated/α-hetero) is 1. The maximum absolute atomic E-state index is 11.4. The van der Waals surface area contributed by atoms with E-state index >= 15 is 0 Å². The second-order valence-electron chi connectivity index (χ2n) is 4.20. The molecule has 0 radical (unpaired) electrons. The Labute approximate surface area is 68.2 Å². The molecule has 2 saturated carbocycles. The van der Waals surface area contributed by atoms with Gasteiger partial charge in [-0.05, 0) is 24.7 Å². The molecule has 0 spiro atoms. The molecule has 1 heteroatoms. The lowest BCUT2D eigenvalue weighted by atomic mass is 9.78. The Morgan fingerprint density at radius 2 is 2.00 bits per heavy atom. The van der Waals surface area contributed by atoms with Crippen molar-refractivity contribution in [2.75, 3.05) is 0 Å². The molecule has 0 N–H and O–H groups in total. The molecule has 0 aromatic heterocycles. The summed E-state index contributed by atoms with van der Waals surface area (Å²) >= 11 is 0. The Kier molecular flexibility index (Phi) is 1.74. The molecule has 0 saturated heterocycles. The SMILES string of the molecule is CC1CC(=O)[C@H]2CCCCC12. The molecule has 0 bridgehead atoms. The summed E-state index contributed by atoms with van der Waals surface area (Å²) in [6, 6.07) is 0. The molecule has 2 fully saturated rings. The van der Waals surface area contributed by atoms with E-state index in [2.05, 4.69) is 6.92 Å². The average Bonchev–Trinajstić information content (AvgIpc) is 2.30. The van der Waals surface area contributed by atoms with Gasteiger partial charge < -0.3 is 0 Å². The van der Waals surface area contributed by atoms with Gasteiger partial charge >= 0.3 is 0 Å². The smallest absolute Gasteiger partial charge is 0.136 e. The zero-order valence-corrected chi connectivity index (χ0v) is 7.18. The summed E-state index contributed by atoms with van der Waals surface area (Å²) in [5.74, 6) is 2.48. The Bertz CT molecular complexity index is 174. The molecule has 1 nitrogen and oxygen atoms in total. The van der Waals surface area contributed by atoms with Crippen LogP contribution in [0.2, 0.25) is 0 Å². The van der Waals surface area contributed by atoms with Gasteiger partial charge in [0.05, 0.1) is 0 Å². The summed E-state index contributed by atoms with van der Waals surface area (Å²) in [5, 5.41) is 0. The Hall–Kier alpha value is -0.330. The molecule has 62 valence electrons. The van der Waals surface area contributed by atoms with E-state index in [4.69, 9.17) is 0 Å². The van der Waals surface area contributed by atoms with Gasteiger partial charge in [0.25, 0.3) is 0 Å². The minimum Gasteiger partial charge on any atom is -0.299 e. The third-order valence-electron chi connectivity index (χ3n) is 3.49. The Morgan fingerprint density at radius 3 is 2.73 bits per heavy atom. The molecular weight excluding hydrogens is 136 g/mol. The fourth-order valence-corrected chi connectivity index (χ4v) is 2.86. The predicted octanol–water partition coefficient (Wildman–Crippen LogP) is 2.40. The van der Waals surface area contributed by atoms with Crippen molar-refractivity contribution in [3.05, 3.63) is 0 Å². The van der Waals surface area contributed by atoms with Gasteiger partial charge in [0.2, 0.25) is 0 Å². The van der Waals surface area contributed by atoms with Crippen molar-refractivity contribution < 1.29 is 4.79 Å². The molecule has 0 amide bonds. The van der Waals surface area contributed by atoms with Crippen LogP contribution in [0.5, 0.6) is 0 Å². The van der Waals surface area contributed by atoms with E-state index in [9.17, 15) is 4.79 Å². The Balaban J connectivity index is 2.13. The van der Waals surface area contributed by atoms with Gasteiger partial charge in [-0.3, -0.25) is 4.79 Å². The minimum absolute atomic E-state index is 0.471. The standard InChI is InChI=1S/C10H16O/c1-7-6-10(11)9-5-3-2-4-8(7)9/h7-9H,2-6H2,1H3/t7?,8?,9-/m0/s1. The molecule has 11 heavy (non-hydrogen) atoms. The molecule has 2 aliphatic rings. The van der Waals surface area contributed by atoms with Crippen LogP contribution in [0.4, 0.5) is 0 Å². The number of fused-ring (bicyclic) bond motifs is 1. The summed E-state index contributed by atoms with van der Waals surface area (Å²) < 4.78 is 0. The summed E-state index contributed by atoms with van der Waals surface area (Å²) in [5.41, 5.74) is 0. The maximum atomic E-state index is 11.4. The number of hydrogen-bond acceptors (Lipinski definition) is 1. The summed E-state index contributed by atoms with van der Waals surface area (Å²) in [4.78, 5) is 11.4. The van der Waals surface area contributed by atoms with Gasteiger partial charge in [0.15, 0.2) is 0 Å². The third-order valence-corrected chi connectivity index (χ3v) is 3.49. The van der Waals surface area contributed by atoms with Crippen LogP contribution in [0.1, 0.15) is 39.0 Å². The van der Waals surface area contributed by atoms with E-state index in [1.165, 1.54) is 25.7 Å². The highest BCUT2D eigenvalue weighted by molar-refractivity contribution is 5.83. The van der Waals surface area contributed by atoms with E-state index in [0.29, 0.717) is 17.6 Å². The second kappa shape index (κ2) is 2.62. The number of ketones is 1. The fraction of sp³-hybridized carbons (Fsp3) is 0.900. The van der Waals surface area contributed by atoms with Crippen molar-refractivity contribution in [3.8, 4) is 0 Å². The van der Waals surface area contributed by atoms with Crippen LogP contribution in [-0.4, -0.2) is 5.78 Å². The number of carbonyl (C=O) groups is 1. The quantitative estimate of drug-likeness (QED) is 0.521. The zero-order valence-electron chi connectivity index (χ0n) is 7.18. The van der Waals surface area contributed by atoms with Crippen molar-refractivity contribution in [2.24, 2.45) is 17.8 Å². The first-order valence-corrected chi connectivity index (χ1v) is 4.82. The van der Waals surface area contributed by atoms with E-state index in [-0.39, 0.29) is 0 Å². The third kappa shape index (κ3) is 1.11. The van der Waals surface area contributed by atoms with E-state index in [0.717, 1.165) is 12.3 Å². The van der Waals surface area contributed by atoms with Crippen molar-refractivity contribution in [1.29, 1.82) is 0 Å². The van der Waals surface area contributed by atoms with Crippen LogP contribution in [0, 0.1) is 17.8 Å². The van der Waals surface area contributed by atoms with Gasteiger partial charge in [0, 0.05) is 12.3 Å². The molecule has 0 aromatic carbocycles. The van der Waals surface area contributed by atoms with Gasteiger partial charge in [-0.15, -0.1) is 0 Å². The van der Waals surface area contributed by atoms with Gasteiger partial charge in [-0.2, -0.15) is 0 Å². The molecular formula is C10H16O. The van der Waals surface area contributed by atoms with Gasteiger partial charge in [-0.25, -0.2) is 0 Å². The first-order chi connectivity index (χ1) is 5.29. The normalized spacial score (nSPS) is 44.1. The van der Waals surface area contributed by atoms with Crippen LogP contribution in [-0.2, 0) is 4.79 Å². The monoisotopic (exact) mass is 152 g/mol. The first-order valence-electron chi connectivity index (χ1n) is 4.82. The molecule has 0 aliphatic heterocycles. The molecule has 2 unspecified atom stereocenters. The lowest BCUT2D eigenvalue weighted by Gasteiger charge is -2.26. The van der Waals surface area contributed by atoms with Crippen LogP contribution in [0.3, 0.4) is 0 Å². The average molecular weight is 152 g/mol. The van der Waals surface area contributed by atoms with Crippen molar-refractivity contribution in [1.82, 2.24) is 0 Å². The molecule has 0 heterocycles. The van der Waals surface area contributed by atoms with Crippen LogP contribution < -0.4 is 0 Å². The molecule has 0 aromatic rings. The second-order valence-corrected chi connectivity index (χ2v) is 4.20. The fourth-order valence-electron chi connectivity index (χ4n) is 2.86. The Morgan fingerprint density at radius 1 is 1.27 bits per heavy atom. The predicted molar refractivity (Wildman–Crippen MR) is 44.2 cm³/mol. The number of hydrogen-bond donors (Lipinski definition) is 0. The zero-order chi connectivity index (χ0) is 7.84. The van der Waals surface area contributed by atoms with E-state index in [1.807, 2.05) is 0 Å². The van der Waals surface area contributed by atoms with Crippen LogP contribution in [0.15, 0.2) is 0 Å². The van der Waals surface area contributed by atoms with Crippen molar-refractivity contribution >= 4 is 5.78 Å².